The van der Waals surface area contributed by atoms with Crippen LogP contribution >= 0.6 is 0 Å². The van der Waals surface area contributed by atoms with Gasteiger partial charge in [-0.05, 0) is 6.42 Å². The number of esters is 1. The van der Waals surface area contributed by atoms with Gasteiger partial charge in [-0.1, -0.05) is 6.92 Å². The van der Waals surface area contributed by atoms with Crippen molar-refractivity contribution < 1.29 is 23.5 Å². The monoisotopic (exact) mass is 259 g/mol. The van der Waals surface area contributed by atoms with Crippen molar-refractivity contribution in [3.8, 4) is 0 Å². The first-order valence-electron chi connectivity index (χ1n) is 6.19. The number of rotatable bonds is 5. The van der Waals surface area contributed by atoms with Crippen LogP contribution in [0.5, 0.6) is 0 Å². The SMILES string of the molecule is B[C@@H]1O[C@H](CC)[C@H](OC(=O)CCC(=O)NC)C1F. The molecule has 0 radical (unpaired) electrons. The lowest BCUT2D eigenvalue weighted by atomic mass is 9.94. The number of amides is 1. The predicted octanol–water partition coefficient (Wildman–Crippen LogP) is -0.469. The minimum Gasteiger partial charge on any atom is -0.456 e. The van der Waals surface area contributed by atoms with Crippen LogP contribution in [0.2, 0.25) is 0 Å². The van der Waals surface area contributed by atoms with Crippen LogP contribution in [0.4, 0.5) is 4.39 Å². The van der Waals surface area contributed by atoms with E-state index >= 15 is 0 Å². The first-order valence-corrected chi connectivity index (χ1v) is 6.19. The summed E-state index contributed by atoms with van der Waals surface area (Å²) < 4.78 is 24.2. The van der Waals surface area contributed by atoms with E-state index in [4.69, 9.17) is 9.47 Å². The number of alkyl halides is 1. The summed E-state index contributed by atoms with van der Waals surface area (Å²) in [5, 5.41) is 2.40. The van der Waals surface area contributed by atoms with Gasteiger partial charge in [-0.2, -0.15) is 0 Å². The third-order valence-electron chi connectivity index (χ3n) is 3.02. The van der Waals surface area contributed by atoms with E-state index in [-0.39, 0.29) is 18.7 Å². The number of carbonyl (C=O) groups excluding carboxylic acids is 2. The van der Waals surface area contributed by atoms with Crippen LogP contribution in [0.25, 0.3) is 0 Å². The molecule has 7 heteroatoms. The quantitative estimate of drug-likeness (QED) is 0.535. The average molecular weight is 259 g/mol. The molecule has 1 unspecified atom stereocenters. The first kappa shape index (κ1) is 15.0. The Bertz CT molecular complexity index is 315. The molecule has 1 heterocycles. The van der Waals surface area contributed by atoms with Crippen LogP contribution in [-0.4, -0.2) is 51.2 Å². The molecule has 1 amide bonds. The summed E-state index contributed by atoms with van der Waals surface area (Å²) in [5.74, 6) is -0.811. The van der Waals surface area contributed by atoms with Crippen molar-refractivity contribution >= 4 is 19.7 Å². The lowest BCUT2D eigenvalue weighted by Crippen LogP contribution is -2.34. The first-order chi connectivity index (χ1) is 8.49. The highest BCUT2D eigenvalue weighted by molar-refractivity contribution is 6.11. The van der Waals surface area contributed by atoms with Gasteiger partial charge in [-0.25, -0.2) is 4.39 Å². The normalized spacial score (nSPS) is 31.1. The van der Waals surface area contributed by atoms with E-state index in [1.54, 1.807) is 7.85 Å². The summed E-state index contributed by atoms with van der Waals surface area (Å²) in [6.45, 7) is 1.85. The maximum absolute atomic E-state index is 13.8. The van der Waals surface area contributed by atoms with Crippen molar-refractivity contribution in [2.75, 3.05) is 7.05 Å². The molecule has 1 N–H and O–H groups in total. The van der Waals surface area contributed by atoms with Crippen LogP contribution < -0.4 is 5.32 Å². The Morgan fingerprint density at radius 1 is 1.44 bits per heavy atom. The molecule has 0 saturated carbocycles. The predicted molar refractivity (Wildman–Crippen MR) is 65.6 cm³/mol. The molecule has 0 aromatic carbocycles. The third-order valence-corrected chi connectivity index (χ3v) is 3.02. The molecule has 0 aromatic heterocycles. The van der Waals surface area contributed by atoms with Crippen LogP contribution in [0.15, 0.2) is 0 Å². The highest BCUT2D eigenvalue weighted by Gasteiger charge is 2.44. The Morgan fingerprint density at radius 2 is 2.11 bits per heavy atom. The minimum atomic E-state index is -1.31. The fourth-order valence-electron chi connectivity index (χ4n) is 1.92. The van der Waals surface area contributed by atoms with Gasteiger partial charge in [-0.15, -0.1) is 0 Å². The maximum Gasteiger partial charge on any atom is 0.306 e. The highest BCUT2D eigenvalue weighted by Crippen LogP contribution is 2.27. The number of ether oxygens (including phenoxy) is 2. The number of nitrogens with one attached hydrogen (secondary N) is 1. The molecule has 1 saturated heterocycles. The van der Waals surface area contributed by atoms with E-state index in [2.05, 4.69) is 5.32 Å². The number of carbonyl (C=O) groups is 2. The topological polar surface area (TPSA) is 64.6 Å². The molecule has 0 spiro atoms. The zero-order valence-electron chi connectivity index (χ0n) is 10.9. The molecule has 1 rings (SSSR count). The van der Waals surface area contributed by atoms with Gasteiger partial charge in [0, 0.05) is 13.5 Å². The summed E-state index contributed by atoms with van der Waals surface area (Å²) in [6, 6.07) is -0.563. The van der Waals surface area contributed by atoms with Gasteiger partial charge >= 0.3 is 5.97 Å². The summed E-state index contributed by atoms with van der Waals surface area (Å²) in [7, 11) is 3.11. The highest BCUT2D eigenvalue weighted by atomic mass is 19.1. The second-order valence-electron chi connectivity index (χ2n) is 4.36. The molecule has 0 bridgehead atoms. The molecule has 102 valence electrons. The standard InChI is InChI=1S/C11H19BFNO4/c1-3-6-10(9(13)11(12)17-6)18-8(16)5-4-7(15)14-2/h6,9-11H,3-5,12H2,1-2H3,(H,14,15)/t6-,9?,10+,11-/m1/s1. The molecule has 4 atom stereocenters. The van der Waals surface area contributed by atoms with Gasteiger partial charge in [0.2, 0.25) is 5.91 Å². The molecular formula is C11H19BFNO4. The Kier molecular flexibility index (Phi) is 5.59. The van der Waals surface area contributed by atoms with Gasteiger partial charge in [0.15, 0.2) is 12.3 Å². The average Bonchev–Trinajstić information content (AvgIpc) is 2.63. The summed E-state index contributed by atoms with van der Waals surface area (Å²) in [5.41, 5.74) is 0. The van der Waals surface area contributed by atoms with Crippen molar-refractivity contribution in [3.63, 3.8) is 0 Å². The Balaban J connectivity index is 2.45. The van der Waals surface area contributed by atoms with Crippen LogP contribution in [0.1, 0.15) is 26.2 Å². The Morgan fingerprint density at radius 3 is 2.67 bits per heavy atom. The van der Waals surface area contributed by atoms with Crippen LogP contribution in [0, 0.1) is 0 Å². The van der Waals surface area contributed by atoms with E-state index in [0.29, 0.717) is 6.42 Å². The molecule has 0 aromatic rings. The van der Waals surface area contributed by atoms with E-state index in [1.807, 2.05) is 6.92 Å². The Labute approximate surface area is 107 Å². The van der Waals surface area contributed by atoms with E-state index in [1.165, 1.54) is 7.05 Å². The van der Waals surface area contributed by atoms with Gasteiger partial charge < -0.3 is 14.8 Å². The number of hydrogen-bond acceptors (Lipinski definition) is 4. The van der Waals surface area contributed by atoms with Gasteiger partial charge in [0.05, 0.1) is 18.5 Å². The van der Waals surface area contributed by atoms with E-state index in [0.717, 1.165) is 0 Å². The van der Waals surface area contributed by atoms with Crippen LogP contribution in [0.3, 0.4) is 0 Å². The summed E-state index contributed by atoms with van der Waals surface area (Å²) >= 11 is 0. The fourth-order valence-corrected chi connectivity index (χ4v) is 1.92. The fraction of sp³-hybridized carbons (Fsp3) is 0.818. The van der Waals surface area contributed by atoms with Gasteiger partial charge in [0.25, 0.3) is 0 Å². The van der Waals surface area contributed by atoms with Gasteiger partial charge in [0.1, 0.15) is 7.85 Å². The molecule has 1 fully saturated rings. The summed E-state index contributed by atoms with van der Waals surface area (Å²) in [4.78, 5) is 22.5. The zero-order chi connectivity index (χ0) is 13.7. The molecule has 0 aliphatic carbocycles. The van der Waals surface area contributed by atoms with E-state index < -0.39 is 30.4 Å². The second kappa shape index (κ2) is 6.73. The summed E-state index contributed by atoms with van der Waals surface area (Å²) in [6.07, 6.45) is -1.99. The number of halogens is 1. The van der Waals surface area contributed by atoms with Crippen molar-refractivity contribution in [1.29, 1.82) is 0 Å². The number of hydrogen-bond donors (Lipinski definition) is 1. The largest absolute Gasteiger partial charge is 0.456 e. The van der Waals surface area contributed by atoms with Crippen molar-refractivity contribution in [1.82, 2.24) is 5.32 Å². The smallest absolute Gasteiger partial charge is 0.306 e. The molecule has 5 nitrogen and oxygen atoms in total. The molecule has 1 aliphatic heterocycles. The third kappa shape index (κ3) is 3.70. The van der Waals surface area contributed by atoms with Crippen molar-refractivity contribution in [2.45, 2.75) is 50.6 Å². The lowest BCUT2D eigenvalue weighted by Gasteiger charge is -2.18. The second-order valence-corrected chi connectivity index (χ2v) is 4.36. The van der Waals surface area contributed by atoms with Crippen LogP contribution in [-0.2, 0) is 19.1 Å². The van der Waals surface area contributed by atoms with Crippen molar-refractivity contribution in [3.05, 3.63) is 0 Å². The molecular weight excluding hydrogens is 240 g/mol. The minimum absolute atomic E-state index is 0.0478. The maximum atomic E-state index is 13.8. The van der Waals surface area contributed by atoms with Crippen molar-refractivity contribution in [2.24, 2.45) is 0 Å². The lowest BCUT2D eigenvalue weighted by molar-refractivity contribution is -0.154. The Hall–Kier alpha value is -1.11. The zero-order valence-corrected chi connectivity index (χ0v) is 10.9. The molecule has 1 aliphatic rings. The van der Waals surface area contributed by atoms with Gasteiger partial charge in [-0.3, -0.25) is 9.59 Å². The molecule has 18 heavy (non-hydrogen) atoms. The van der Waals surface area contributed by atoms with E-state index in [9.17, 15) is 14.0 Å².